The number of benzene rings is 2. The van der Waals surface area contributed by atoms with Crippen LogP contribution in [0.4, 0.5) is 10.1 Å². The van der Waals surface area contributed by atoms with E-state index < -0.39 is 11.7 Å². The fourth-order valence-electron chi connectivity index (χ4n) is 4.06. The molecule has 4 rings (SSSR count). The quantitative estimate of drug-likeness (QED) is 0.616. The highest BCUT2D eigenvalue weighted by Gasteiger charge is 2.27. The molecule has 2 heterocycles. The largest absolute Gasteiger partial charge is 0.369 e. The van der Waals surface area contributed by atoms with Gasteiger partial charge in [-0.25, -0.2) is 4.39 Å². The van der Waals surface area contributed by atoms with Gasteiger partial charge in [-0.1, -0.05) is 18.7 Å². The number of primary amides is 1. The topological polar surface area (TPSA) is 79.2 Å². The van der Waals surface area contributed by atoms with Crippen molar-refractivity contribution < 1.29 is 14.0 Å². The molecule has 0 fully saturated rings. The number of rotatable bonds is 4. The zero-order chi connectivity index (χ0) is 21.6. The molecular weight excluding hydrogens is 401 g/mol. The maximum Gasteiger partial charge on any atom is 0.250 e. The molecule has 30 heavy (non-hydrogen) atoms. The van der Waals surface area contributed by atoms with E-state index in [2.05, 4.69) is 11.6 Å². The Morgan fingerprint density at radius 2 is 2.13 bits per heavy atom. The summed E-state index contributed by atoms with van der Waals surface area (Å²) in [5.74, 6) is -0.398. The zero-order valence-electron chi connectivity index (χ0n) is 16.8. The summed E-state index contributed by atoms with van der Waals surface area (Å²) in [7, 11) is 0. The third-order valence-corrected chi connectivity index (χ3v) is 6.64. The molecule has 0 saturated heterocycles. The number of thioether (sulfide) groups is 1. The Hall–Kier alpha value is -3.06. The number of nitrogens with zero attached hydrogens (tertiary/aromatic N) is 1. The maximum atomic E-state index is 15.5. The second-order valence-corrected chi connectivity index (χ2v) is 8.46. The van der Waals surface area contributed by atoms with Crippen molar-refractivity contribution >= 4 is 40.2 Å². The van der Waals surface area contributed by atoms with Crippen molar-refractivity contribution in [2.75, 3.05) is 17.2 Å². The Morgan fingerprint density at radius 3 is 2.83 bits per heavy atom. The fraction of sp³-hybridized carbons (Fsp3) is 0.217. The van der Waals surface area contributed by atoms with Crippen molar-refractivity contribution in [3.8, 4) is 11.1 Å². The molecule has 0 bridgehead atoms. The van der Waals surface area contributed by atoms with E-state index >= 15 is 4.39 Å². The minimum atomic E-state index is -0.514. The van der Waals surface area contributed by atoms with Crippen molar-refractivity contribution in [3.05, 3.63) is 59.6 Å². The Morgan fingerprint density at radius 1 is 1.37 bits per heavy atom. The number of halogens is 1. The maximum absolute atomic E-state index is 15.5. The number of fused-ring (bicyclic) bond motifs is 2. The molecule has 0 spiro atoms. The number of nitrogens with two attached hydrogens (primary N) is 1. The summed E-state index contributed by atoms with van der Waals surface area (Å²) in [6, 6.07) is 6.97. The second kappa shape index (κ2) is 7.65. The van der Waals surface area contributed by atoms with Crippen LogP contribution in [-0.2, 0) is 16.0 Å². The van der Waals surface area contributed by atoms with E-state index in [0.29, 0.717) is 23.4 Å². The number of aromatic nitrogens is 1. The molecule has 0 atom stereocenters. The zero-order valence-corrected chi connectivity index (χ0v) is 17.7. The number of aromatic amines is 1. The molecule has 1 aliphatic heterocycles. The van der Waals surface area contributed by atoms with E-state index in [0.717, 1.165) is 38.3 Å². The van der Waals surface area contributed by atoms with Gasteiger partial charge < -0.3 is 15.6 Å². The Bertz CT molecular complexity index is 1220. The first kappa shape index (κ1) is 20.2. The summed E-state index contributed by atoms with van der Waals surface area (Å²) in [6.07, 6.45) is 1.25. The number of H-pyrrole nitrogens is 1. The fourth-order valence-corrected chi connectivity index (χ4v) is 5.19. The molecule has 5 nitrogen and oxygen atoms in total. The van der Waals surface area contributed by atoms with Crippen molar-refractivity contribution in [3.63, 3.8) is 0 Å². The van der Waals surface area contributed by atoms with Crippen molar-refractivity contribution in [1.29, 1.82) is 0 Å². The number of hydrogen-bond acceptors (Lipinski definition) is 3. The number of nitrogens with one attached hydrogen (secondary N) is 1. The number of anilines is 1. The SMILES string of the molecule is C=CC(=O)N1CCSc2c(-c3c(F)cc(CC(N)=O)c4[nH]c(C)c(C)c34)cccc21. The summed E-state index contributed by atoms with van der Waals surface area (Å²) in [6.45, 7) is 8.02. The van der Waals surface area contributed by atoms with Gasteiger partial charge in [-0.2, -0.15) is 0 Å². The standard InChI is InChI=1S/C23H22FN3O2S/c1-4-19(29)27-8-9-30-23-15(6-5-7-17(23)27)21-16(24)10-14(11-18(25)28)22-20(21)12(2)13(3)26-22/h4-7,10,26H,1,8-9,11H2,2-3H3,(H2,25,28). The predicted octanol–water partition coefficient (Wildman–Crippen LogP) is 4.24. The van der Waals surface area contributed by atoms with Crippen molar-refractivity contribution in [2.24, 2.45) is 5.73 Å². The van der Waals surface area contributed by atoms with E-state index in [9.17, 15) is 9.59 Å². The van der Waals surface area contributed by atoms with Gasteiger partial charge in [-0.3, -0.25) is 9.59 Å². The van der Waals surface area contributed by atoms with Gasteiger partial charge in [-0.15, -0.1) is 11.8 Å². The molecule has 7 heteroatoms. The van der Waals surface area contributed by atoms with Crippen LogP contribution in [0, 0.1) is 19.7 Å². The number of carbonyl (C=O) groups is 2. The first-order valence-electron chi connectivity index (χ1n) is 9.62. The lowest BCUT2D eigenvalue weighted by molar-refractivity contribution is -0.117. The Labute approximate surface area is 178 Å². The molecule has 3 N–H and O–H groups in total. The highest BCUT2D eigenvalue weighted by Crippen LogP contribution is 2.46. The van der Waals surface area contributed by atoms with E-state index in [-0.39, 0.29) is 12.3 Å². The molecule has 154 valence electrons. The lowest BCUT2D eigenvalue weighted by Crippen LogP contribution is -2.34. The number of hydrogen-bond donors (Lipinski definition) is 2. The van der Waals surface area contributed by atoms with Gasteiger partial charge in [0.1, 0.15) is 5.82 Å². The second-order valence-electron chi connectivity index (χ2n) is 7.36. The number of carbonyl (C=O) groups excluding carboxylic acids is 2. The minimum Gasteiger partial charge on any atom is -0.369 e. The molecule has 3 aromatic rings. The lowest BCUT2D eigenvalue weighted by atomic mass is 9.94. The highest BCUT2D eigenvalue weighted by atomic mass is 32.2. The highest BCUT2D eigenvalue weighted by molar-refractivity contribution is 7.99. The van der Waals surface area contributed by atoms with Gasteiger partial charge in [0.05, 0.1) is 17.6 Å². The summed E-state index contributed by atoms with van der Waals surface area (Å²) >= 11 is 1.61. The molecule has 0 saturated carbocycles. The molecular formula is C23H22FN3O2S. The molecule has 0 aliphatic carbocycles. The minimum absolute atomic E-state index is 0.0453. The predicted molar refractivity (Wildman–Crippen MR) is 119 cm³/mol. The summed E-state index contributed by atoms with van der Waals surface area (Å²) < 4.78 is 15.5. The molecule has 1 aromatic heterocycles. The third kappa shape index (κ3) is 3.19. The molecule has 1 aliphatic rings. The van der Waals surface area contributed by atoms with Crippen molar-refractivity contribution in [1.82, 2.24) is 4.98 Å². The van der Waals surface area contributed by atoms with E-state index in [4.69, 9.17) is 5.73 Å². The monoisotopic (exact) mass is 423 g/mol. The van der Waals surface area contributed by atoms with Crippen LogP contribution < -0.4 is 10.6 Å². The van der Waals surface area contributed by atoms with Gasteiger partial charge >= 0.3 is 0 Å². The number of amides is 2. The van der Waals surface area contributed by atoms with Crippen molar-refractivity contribution in [2.45, 2.75) is 25.2 Å². The summed E-state index contributed by atoms with van der Waals surface area (Å²) in [4.78, 5) is 29.7. The summed E-state index contributed by atoms with van der Waals surface area (Å²) in [5, 5.41) is 0.741. The third-order valence-electron chi connectivity index (χ3n) is 5.53. The van der Waals surface area contributed by atoms with E-state index in [1.807, 2.05) is 32.0 Å². The van der Waals surface area contributed by atoms with Crippen LogP contribution in [0.1, 0.15) is 16.8 Å². The molecule has 2 amide bonds. The van der Waals surface area contributed by atoms with Crippen LogP contribution >= 0.6 is 11.8 Å². The first-order chi connectivity index (χ1) is 14.3. The Kier molecular flexibility index (Phi) is 5.15. The van der Waals surface area contributed by atoms with Crippen LogP contribution in [0.2, 0.25) is 0 Å². The molecule has 0 unspecified atom stereocenters. The summed E-state index contributed by atoms with van der Waals surface area (Å²) in [5.41, 5.74) is 10.4. The van der Waals surface area contributed by atoms with Gasteiger partial charge in [0.25, 0.3) is 0 Å². The van der Waals surface area contributed by atoms with Crippen LogP contribution in [-0.4, -0.2) is 29.1 Å². The molecule has 2 aromatic carbocycles. The average molecular weight is 424 g/mol. The lowest BCUT2D eigenvalue weighted by Gasteiger charge is -2.30. The van der Waals surface area contributed by atoms with Crippen LogP contribution in [0.15, 0.2) is 41.8 Å². The van der Waals surface area contributed by atoms with Crippen LogP contribution in [0.5, 0.6) is 0 Å². The molecule has 0 radical (unpaired) electrons. The normalized spacial score (nSPS) is 13.4. The smallest absolute Gasteiger partial charge is 0.250 e. The van der Waals surface area contributed by atoms with Crippen LogP contribution in [0.25, 0.3) is 22.0 Å². The van der Waals surface area contributed by atoms with Crippen LogP contribution in [0.3, 0.4) is 0 Å². The van der Waals surface area contributed by atoms with Gasteiger partial charge in [-0.05, 0) is 43.2 Å². The number of aryl methyl sites for hydroxylation is 2. The van der Waals surface area contributed by atoms with Gasteiger partial charge in [0.2, 0.25) is 11.8 Å². The average Bonchev–Trinajstić information content (AvgIpc) is 3.01. The first-order valence-corrected chi connectivity index (χ1v) is 10.6. The Balaban J connectivity index is 2.02. The van der Waals surface area contributed by atoms with E-state index in [1.54, 1.807) is 16.7 Å². The van der Waals surface area contributed by atoms with Gasteiger partial charge in [0, 0.05) is 39.4 Å². The van der Waals surface area contributed by atoms with E-state index in [1.165, 1.54) is 12.1 Å². The van der Waals surface area contributed by atoms with Gasteiger partial charge in [0.15, 0.2) is 0 Å².